The molecular formula is C18H24BrN3O2. The first-order valence-electron chi connectivity index (χ1n) is 8.69. The number of benzene rings is 1. The van der Waals surface area contributed by atoms with Crippen LogP contribution in [0.25, 0.3) is 0 Å². The molecule has 1 heterocycles. The van der Waals surface area contributed by atoms with Crippen molar-refractivity contribution in [2.24, 2.45) is 11.8 Å². The maximum Gasteiger partial charge on any atom is 0.270 e. The minimum absolute atomic E-state index is 0.162. The molecule has 0 radical (unpaired) electrons. The fourth-order valence-corrected chi connectivity index (χ4v) is 4.37. The van der Waals surface area contributed by atoms with Crippen LogP contribution >= 0.6 is 15.9 Å². The van der Waals surface area contributed by atoms with Crippen LogP contribution in [0, 0.1) is 11.8 Å². The Bertz CT molecular complexity index is 608. The Labute approximate surface area is 151 Å². The number of hydrogen-bond acceptors (Lipinski definition) is 3. The van der Waals surface area contributed by atoms with E-state index in [1.54, 1.807) is 18.2 Å². The summed E-state index contributed by atoms with van der Waals surface area (Å²) in [6.07, 6.45) is 6.53. The number of piperidine rings is 1. The predicted molar refractivity (Wildman–Crippen MR) is 96.3 cm³/mol. The Morgan fingerprint density at radius 2 is 1.83 bits per heavy atom. The molecule has 130 valence electrons. The van der Waals surface area contributed by atoms with Gasteiger partial charge in [-0.05, 0) is 59.3 Å². The fraction of sp³-hybridized carbons (Fsp3) is 0.556. The number of amides is 2. The van der Waals surface area contributed by atoms with E-state index in [2.05, 4.69) is 31.7 Å². The van der Waals surface area contributed by atoms with E-state index in [0.29, 0.717) is 16.6 Å². The zero-order valence-corrected chi connectivity index (χ0v) is 15.3. The van der Waals surface area contributed by atoms with Crippen LogP contribution in [0.1, 0.15) is 42.5 Å². The lowest BCUT2D eigenvalue weighted by molar-refractivity contribution is -0.123. The summed E-state index contributed by atoms with van der Waals surface area (Å²) in [6.45, 7) is 2.34. The fourth-order valence-electron chi connectivity index (χ4n) is 3.90. The van der Waals surface area contributed by atoms with Gasteiger partial charge in [-0.2, -0.15) is 0 Å². The van der Waals surface area contributed by atoms with Gasteiger partial charge in [-0.3, -0.25) is 25.3 Å². The van der Waals surface area contributed by atoms with Crippen LogP contribution in [0.4, 0.5) is 0 Å². The second-order valence-corrected chi connectivity index (χ2v) is 7.66. The molecule has 1 aliphatic heterocycles. The molecule has 1 aromatic carbocycles. The molecule has 0 unspecified atom stereocenters. The van der Waals surface area contributed by atoms with E-state index >= 15 is 0 Å². The number of nitrogens with zero attached hydrogens (tertiary/aromatic N) is 1. The molecule has 2 fully saturated rings. The van der Waals surface area contributed by atoms with Gasteiger partial charge in [0.2, 0.25) is 0 Å². The highest BCUT2D eigenvalue weighted by molar-refractivity contribution is 9.10. The summed E-state index contributed by atoms with van der Waals surface area (Å²) in [7, 11) is 0. The van der Waals surface area contributed by atoms with Crippen LogP contribution in [0.2, 0.25) is 0 Å². The smallest absolute Gasteiger partial charge is 0.270 e. The van der Waals surface area contributed by atoms with Crippen molar-refractivity contribution in [3.63, 3.8) is 0 Å². The summed E-state index contributed by atoms with van der Waals surface area (Å²) in [6, 6.07) is 7.13. The number of likely N-dealkylation sites (tertiary alicyclic amines) is 1. The molecule has 1 saturated carbocycles. The molecule has 2 amide bonds. The molecule has 2 atom stereocenters. The maximum atomic E-state index is 12.1. The van der Waals surface area contributed by atoms with Gasteiger partial charge in [0.15, 0.2) is 0 Å². The third-order valence-electron chi connectivity index (χ3n) is 5.18. The van der Waals surface area contributed by atoms with Gasteiger partial charge in [0.1, 0.15) is 0 Å². The Kier molecular flexibility index (Phi) is 5.89. The minimum Gasteiger partial charge on any atom is -0.294 e. The zero-order valence-electron chi connectivity index (χ0n) is 13.8. The van der Waals surface area contributed by atoms with Crippen molar-refractivity contribution >= 4 is 27.7 Å². The standard InChI is InChI=1S/C18H24BrN3O2/c19-16-8-4-3-7-15(16)18(24)21-20-17(23)12-22-10-9-13-5-1-2-6-14(13)11-22/h3-4,7-8,13-14H,1-2,5-6,9-12H2,(H,20,23)(H,21,24)/t13-,14+/m0/s1. The molecular weight excluding hydrogens is 370 g/mol. The second kappa shape index (κ2) is 8.12. The molecule has 1 saturated heterocycles. The summed E-state index contributed by atoms with van der Waals surface area (Å²) in [5.74, 6) is 1.12. The van der Waals surface area contributed by atoms with E-state index in [4.69, 9.17) is 0 Å². The molecule has 3 rings (SSSR count). The minimum atomic E-state index is -0.318. The van der Waals surface area contributed by atoms with Crippen molar-refractivity contribution in [2.75, 3.05) is 19.6 Å². The van der Waals surface area contributed by atoms with Crippen LogP contribution < -0.4 is 10.9 Å². The quantitative estimate of drug-likeness (QED) is 0.776. The third-order valence-corrected chi connectivity index (χ3v) is 5.87. The lowest BCUT2D eigenvalue weighted by Gasteiger charge is -2.41. The summed E-state index contributed by atoms with van der Waals surface area (Å²) in [5, 5.41) is 0. The largest absolute Gasteiger partial charge is 0.294 e. The lowest BCUT2D eigenvalue weighted by Crippen LogP contribution is -2.49. The number of carbonyl (C=O) groups is 2. The summed E-state index contributed by atoms with van der Waals surface area (Å²) >= 11 is 3.33. The van der Waals surface area contributed by atoms with Gasteiger partial charge in [-0.25, -0.2) is 0 Å². The van der Waals surface area contributed by atoms with Crippen molar-refractivity contribution in [3.05, 3.63) is 34.3 Å². The second-order valence-electron chi connectivity index (χ2n) is 6.81. The van der Waals surface area contributed by atoms with Crippen LogP contribution in [0.15, 0.2) is 28.7 Å². The van der Waals surface area contributed by atoms with Gasteiger partial charge in [0.05, 0.1) is 12.1 Å². The number of fused-ring (bicyclic) bond motifs is 1. The molecule has 24 heavy (non-hydrogen) atoms. The highest BCUT2D eigenvalue weighted by Crippen LogP contribution is 2.35. The van der Waals surface area contributed by atoms with Crippen molar-refractivity contribution in [3.8, 4) is 0 Å². The highest BCUT2D eigenvalue weighted by atomic mass is 79.9. The van der Waals surface area contributed by atoms with Crippen LogP contribution in [-0.2, 0) is 4.79 Å². The number of hydrazine groups is 1. The first-order valence-corrected chi connectivity index (χ1v) is 9.49. The molecule has 0 aromatic heterocycles. The maximum absolute atomic E-state index is 12.1. The summed E-state index contributed by atoms with van der Waals surface area (Å²) in [5.41, 5.74) is 5.52. The normalized spacial score (nSPS) is 24.0. The van der Waals surface area contributed by atoms with E-state index in [1.807, 2.05) is 6.07 Å². The SMILES string of the molecule is O=C(CN1CC[C@@H]2CCCC[C@@H]2C1)NNC(=O)c1ccccc1Br. The highest BCUT2D eigenvalue weighted by Gasteiger charge is 2.31. The summed E-state index contributed by atoms with van der Waals surface area (Å²) < 4.78 is 0.705. The predicted octanol–water partition coefficient (Wildman–Crippen LogP) is 2.72. The molecule has 0 spiro atoms. The Hall–Kier alpha value is -1.40. The average molecular weight is 394 g/mol. The zero-order chi connectivity index (χ0) is 16.9. The number of hydrogen-bond donors (Lipinski definition) is 2. The Balaban J connectivity index is 1.44. The number of carbonyl (C=O) groups excluding carboxylic acids is 2. The van der Waals surface area contributed by atoms with Gasteiger partial charge in [-0.15, -0.1) is 0 Å². The van der Waals surface area contributed by atoms with Gasteiger partial charge >= 0.3 is 0 Å². The third kappa shape index (κ3) is 4.36. The molecule has 6 heteroatoms. The Morgan fingerprint density at radius 3 is 2.62 bits per heavy atom. The van der Waals surface area contributed by atoms with Crippen LogP contribution in [-0.4, -0.2) is 36.3 Å². The lowest BCUT2D eigenvalue weighted by atomic mass is 9.75. The van der Waals surface area contributed by atoms with Crippen LogP contribution in [0.3, 0.4) is 0 Å². The first kappa shape index (κ1) is 17.4. The number of nitrogens with one attached hydrogen (secondary N) is 2. The average Bonchev–Trinajstić information content (AvgIpc) is 2.60. The van der Waals surface area contributed by atoms with Gasteiger partial charge in [0, 0.05) is 11.0 Å². The van der Waals surface area contributed by atoms with Crippen molar-refractivity contribution < 1.29 is 9.59 Å². The summed E-state index contributed by atoms with van der Waals surface area (Å²) in [4.78, 5) is 26.4. The van der Waals surface area contributed by atoms with Crippen molar-refractivity contribution in [1.29, 1.82) is 0 Å². The van der Waals surface area contributed by atoms with Crippen LogP contribution in [0.5, 0.6) is 0 Å². The van der Waals surface area contributed by atoms with Gasteiger partial charge in [0.25, 0.3) is 11.8 Å². The van der Waals surface area contributed by atoms with Crippen molar-refractivity contribution in [1.82, 2.24) is 15.8 Å². The van der Waals surface area contributed by atoms with Gasteiger partial charge < -0.3 is 0 Å². The Morgan fingerprint density at radius 1 is 1.08 bits per heavy atom. The first-order chi connectivity index (χ1) is 11.6. The number of halogens is 1. The molecule has 0 bridgehead atoms. The molecule has 2 N–H and O–H groups in total. The molecule has 5 nitrogen and oxygen atoms in total. The monoisotopic (exact) mass is 393 g/mol. The molecule has 2 aliphatic rings. The topological polar surface area (TPSA) is 61.4 Å². The van der Waals surface area contributed by atoms with E-state index in [0.717, 1.165) is 24.9 Å². The molecule has 1 aromatic rings. The van der Waals surface area contributed by atoms with Gasteiger partial charge in [-0.1, -0.05) is 31.4 Å². The molecule has 1 aliphatic carbocycles. The van der Waals surface area contributed by atoms with E-state index in [9.17, 15) is 9.59 Å². The van der Waals surface area contributed by atoms with Crippen molar-refractivity contribution in [2.45, 2.75) is 32.1 Å². The number of rotatable bonds is 3. The van der Waals surface area contributed by atoms with E-state index < -0.39 is 0 Å². The van der Waals surface area contributed by atoms with E-state index in [1.165, 1.54) is 32.1 Å². The van der Waals surface area contributed by atoms with E-state index in [-0.39, 0.29) is 11.8 Å².